The molecule has 0 unspecified atom stereocenters. The number of benzene rings is 1. The summed E-state index contributed by atoms with van der Waals surface area (Å²) >= 11 is 0. The van der Waals surface area contributed by atoms with E-state index in [2.05, 4.69) is 20.2 Å². The fourth-order valence-corrected chi connectivity index (χ4v) is 3.05. The highest BCUT2D eigenvalue weighted by Gasteiger charge is 2.36. The molecule has 3 rings (SSSR count). The second-order valence-corrected chi connectivity index (χ2v) is 6.63. The van der Waals surface area contributed by atoms with Crippen molar-refractivity contribution in [2.24, 2.45) is 0 Å². The minimum absolute atomic E-state index is 0.138. The molecule has 0 bridgehead atoms. The molecular weight excluding hydrogens is 332 g/mol. The van der Waals surface area contributed by atoms with Gasteiger partial charge >= 0.3 is 0 Å². The molecule has 0 radical (unpaired) electrons. The summed E-state index contributed by atoms with van der Waals surface area (Å²) in [5.41, 5.74) is 0.372. The van der Waals surface area contributed by atoms with Crippen molar-refractivity contribution >= 4 is 5.82 Å². The van der Waals surface area contributed by atoms with E-state index >= 15 is 0 Å². The number of hydrogen-bond donors (Lipinski definition) is 3. The zero-order chi connectivity index (χ0) is 18.2. The fraction of sp³-hybridized carbons (Fsp3) is 0.474. The molecule has 7 nitrogen and oxygen atoms in total. The van der Waals surface area contributed by atoms with Gasteiger partial charge in [-0.05, 0) is 24.1 Å². The number of hydrogen-bond acceptors (Lipinski definition) is 7. The fourth-order valence-electron chi connectivity index (χ4n) is 3.05. The van der Waals surface area contributed by atoms with Crippen LogP contribution < -0.4 is 15.0 Å². The van der Waals surface area contributed by atoms with Crippen LogP contribution in [-0.2, 0) is 6.54 Å². The van der Waals surface area contributed by atoms with Crippen molar-refractivity contribution in [3.63, 3.8) is 0 Å². The highest BCUT2D eigenvalue weighted by molar-refractivity contribution is 5.38. The molecule has 140 valence electrons. The third-order valence-electron chi connectivity index (χ3n) is 4.48. The lowest BCUT2D eigenvalue weighted by atomic mass is 10.0. The van der Waals surface area contributed by atoms with E-state index in [0.717, 1.165) is 23.7 Å². The molecular formula is C19H26N4O3. The number of nitrogens with zero attached hydrogens (tertiary/aromatic N) is 3. The molecule has 0 amide bonds. The zero-order valence-electron chi connectivity index (χ0n) is 14.8. The van der Waals surface area contributed by atoms with Gasteiger partial charge in [0.2, 0.25) is 0 Å². The van der Waals surface area contributed by atoms with Gasteiger partial charge in [0.15, 0.2) is 0 Å². The third-order valence-corrected chi connectivity index (χ3v) is 4.48. The van der Waals surface area contributed by atoms with E-state index in [1.807, 2.05) is 24.3 Å². The van der Waals surface area contributed by atoms with E-state index < -0.39 is 5.60 Å². The maximum Gasteiger partial charge on any atom is 0.147 e. The minimum Gasteiger partial charge on any atom is -0.494 e. The van der Waals surface area contributed by atoms with Crippen molar-refractivity contribution in [2.45, 2.75) is 25.0 Å². The molecule has 1 saturated heterocycles. The number of ether oxygens (including phenoxy) is 1. The minimum atomic E-state index is -0.759. The normalized spacial score (nSPS) is 19.7. The smallest absolute Gasteiger partial charge is 0.147 e. The molecule has 0 aliphatic carbocycles. The van der Waals surface area contributed by atoms with Crippen LogP contribution in [0.25, 0.3) is 0 Å². The number of rotatable bonds is 9. The van der Waals surface area contributed by atoms with Crippen LogP contribution in [0.5, 0.6) is 5.75 Å². The maximum atomic E-state index is 10.8. The van der Waals surface area contributed by atoms with Crippen molar-refractivity contribution in [3.8, 4) is 5.75 Å². The van der Waals surface area contributed by atoms with Crippen LogP contribution in [0.3, 0.4) is 0 Å². The molecule has 1 atom stereocenters. The second kappa shape index (κ2) is 8.93. The van der Waals surface area contributed by atoms with Crippen molar-refractivity contribution in [2.75, 3.05) is 37.7 Å². The van der Waals surface area contributed by atoms with Crippen LogP contribution in [0, 0.1) is 0 Å². The third kappa shape index (κ3) is 5.14. The number of aliphatic hydroxyl groups excluding tert-OH is 1. The predicted molar refractivity (Wildman–Crippen MR) is 99.2 cm³/mol. The Kier molecular flexibility index (Phi) is 6.38. The second-order valence-electron chi connectivity index (χ2n) is 6.63. The Morgan fingerprint density at radius 1 is 1.23 bits per heavy atom. The van der Waals surface area contributed by atoms with Crippen LogP contribution in [0.4, 0.5) is 5.82 Å². The summed E-state index contributed by atoms with van der Waals surface area (Å²) in [6.45, 7) is 3.19. The van der Waals surface area contributed by atoms with Gasteiger partial charge in [-0.3, -0.25) is 4.98 Å². The SMILES string of the molecule is OCCCOc1ccc(CNC[C@]2(O)CCN(c3cnccn3)C2)cc1. The number of aliphatic hydroxyl groups is 2. The maximum absolute atomic E-state index is 10.8. The molecule has 1 aliphatic heterocycles. The molecule has 3 N–H and O–H groups in total. The Labute approximate surface area is 153 Å². The van der Waals surface area contributed by atoms with Crippen molar-refractivity contribution < 1.29 is 14.9 Å². The predicted octanol–water partition coefficient (Wildman–Crippen LogP) is 0.969. The van der Waals surface area contributed by atoms with Gasteiger partial charge in [0.25, 0.3) is 0 Å². The Bertz CT molecular complexity index is 668. The van der Waals surface area contributed by atoms with Gasteiger partial charge in [-0.25, -0.2) is 4.98 Å². The largest absolute Gasteiger partial charge is 0.494 e. The summed E-state index contributed by atoms with van der Waals surface area (Å²) in [5, 5.41) is 22.9. The van der Waals surface area contributed by atoms with Crippen LogP contribution in [0.15, 0.2) is 42.9 Å². The first-order valence-corrected chi connectivity index (χ1v) is 8.95. The summed E-state index contributed by atoms with van der Waals surface area (Å²) in [6.07, 6.45) is 6.38. The van der Waals surface area contributed by atoms with Gasteiger partial charge in [0.1, 0.15) is 11.6 Å². The average molecular weight is 358 g/mol. The topological polar surface area (TPSA) is 90.7 Å². The summed E-state index contributed by atoms with van der Waals surface area (Å²) in [6, 6.07) is 7.86. The van der Waals surface area contributed by atoms with Gasteiger partial charge in [-0.1, -0.05) is 12.1 Å². The number of β-amino-alcohol motifs (C(OH)–C–C–N with tert-alkyl or cyclic N) is 1. The zero-order valence-corrected chi connectivity index (χ0v) is 14.8. The van der Waals surface area contributed by atoms with Crippen molar-refractivity contribution in [1.82, 2.24) is 15.3 Å². The molecule has 0 saturated carbocycles. The average Bonchev–Trinajstić information content (AvgIpc) is 3.06. The molecule has 1 aromatic carbocycles. The standard InChI is InChI=1S/C19H26N4O3/c24-10-1-11-26-17-4-2-16(3-5-17)12-21-14-19(25)6-9-23(15-19)18-13-20-7-8-22-18/h2-5,7-8,13,21,24-25H,1,6,9-12,14-15H2/t19-/m1/s1. The van der Waals surface area contributed by atoms with Crippen LogP contribution >= 0.6 is 0 Å². The summed E-state index contributed by atoms with van der Waals surface area (Å²) < 4.78 is 5.52. The lowest BCUT2D eigenvalue weighted by Gasteiger charge is -2.24. The number of nitrogens with one attached hydrogen (secondary N) is 1. The van der Waals surface area contributed by atoms with Gasteiger partial charge in [-0.2, -0.15) is 0 Å². The summed E-state index contributed by atoms with van der Waals surface area (Å²) in [4.78, 5) is 10.4. The number of aromatic nitrogens is 2. The van der Waals surface area contributed by atoms with E-state index in [9.17, 15) is 5.11 Å². The van der Waals surface area contributed by atoms with E-state index in [4.69, 9.17) is 9.84 Å². The summed E-state index contributed by atoms with van der Waals surface area (Å²) in [7, 11) is 0. The van der Waals surface area contributed by atoms with E-state index in [0.29, 0.717) is 39.1 Å². The molecule has 26 heavy (non-hydrogen) atoms. The lowest BCUT2D eigenvalue weighted by Crippen LogP contribution is -2.43. The Morgan fingerprint density at radius 3 is 2.81 bits per heavy atom. The summed E-state index contributed by atoms with van der Waals surface area (Å²) in [5.74, 6) is 1.61. The molecule has 0 spiro atoms. The molecule has 1 fully saturated rings. The van der Waals surface area contributed by atoms with E-state index in [1.165, 1.54) is 0 Å². The lowest BCUT2D eigenvalue weighted by molar-refractivity contribution is 0.0626. The highest BCUT2D eigenvalue weighted by atomic mass is 16.5. The van der Waals surface area contributed by atoms with Crippen molar-refractivity contribution in [3.05, 3.63) is 48.4 Å². The molecule has 1 aromatic heterocycles. The monoisotopic (exact) mass is 358 g/mol. The molecule has 7 heteroatoms. The molecule has 2 aromatic rings. The van der Waals surface area contributed by atoms with E-state index in [1.54, 1.807) is 18.6 Å². The first kappa shape index (κ1) is 18.6. The number of anilines is 1. The Hall–Kier alpha value is -2.22. The van der Waals surface area contributed by atoms with Gasteiger partial charge in [0.05, 0.1) is 18.4 Å². The van der Waals surface area contributed by atoms with Crippen LogP contribution in [0.2, 0.25) is 0 Å². The highest BCUT2D eigenvalue weighted by Crippen LogP contribution is 2.24. The molecule has 1 aliphatic rings. The van der Waals surface area contributed by atoms with Crippen LogP contribution in [0.1, 0.15) is 18.4 Å². The van der Waals surface area contributed by atoms with Crippen molar-refractivity contribution in [1.29, 1.82) is 0 Å². The Morgan fingerprint density at radius 2 is 2.08 bits per heavy atom. The first-order valence-electron chi connectivity index (χ1n) is 8.95. The van der Waals surface area contributed by atoms with Crippen LogP contribution in [-0.4, -0.2) is 58.6 Å². The quantitative estimate of drug-likeness (QED) is 0.575. The van der Waals surface area contributed by atoms with E-state index in [-0.39, 0.29) is 6.61 Å². The van der Waals surface area contributed by atoms with Gasteiger partial charge in [0, 0.05) is 51.6 Å². The first-order chi connectivity index (χ1) is 12.7. The molecule has 2 heterocycles. The van der Waals surface area contributed by atoms with Gasteiger partial charge < -0.3 is 25.2 Å². The Balaban J connectivity index is 1.43. The van der Waals surface area contributed by atoms with Gasteiger partial charge in [-0.15, -0.1) is 0 Å².